The normalized spacial score (nSPS) is 15.1. The highest BCUT2D eigenvalue weighted by atomic mass is 19.3. The van der Waals surface area contributed by atoms with Gasteiger partial charge in [0.05, 0.1) is 18.7 Å². The van der Waals surface area contributed by atoms with Crippen LogP contribution in [0.15, 0.2) is 66.7 Å². The molecule has 1 aromatic heterocycles. The van der Waals surface area contributed by atoms with Gasteiger partial charge in [-0.2, -0.15) is 8.78 Å². The number of aromatic nitrogens is 2. The first-order valence-corrected chi connectivity index (χ1v) is 10.4. The van der Waals surface area contributed by atoms with E-state index in [0.29, 0.717) is 11.6 Å². The number of hydrogen-bond acceptors (Lipinski definition) is 5. The van der Waals surface area contributed by atoms with Crippen LogP contribution in [0.5, 0.6) is 11.5 Å². The molecule has 32 heavy (non-hydrogen) atoms. The van der Waals surface area contributed by atoms with Crippen molar-refractivity contribution in [2.75, 3.05) is 12.4 Å². The first-order chi connectivity index (χ1) is 15.6. The number of methoxy groups -OCH3 is 1. The number of hydrogen-bond donors (Lipinski definition) is 1. The fourth-order valence-electron chi connectivity index (χ4n) is 4.15. The average molecular weight is 433 g/mol. The fourth-order valence-corrected chi connectivity index (χ4v) is 4.15. The molecule has 0 spiro atoms. The number of nitrogens with zero attached hydrogens (tertiary/aromatic N) is 2. The van der Waals surface area contributed by atoms with E-state index >= 15 is 0 Å². The van der Waals surface area contributed by atoms with Crippen LogP contribution in [0.1, 0.15) is 23.6 Å². The van der Waals surface area contributed by atoms with Crippen LogP contribution in [0.2, 0.25) is 0 Å². The molecule has 0 amide bonds. The second-order valence-electron chi connectivity index (χ2n) is 7.62. The van der Waals surface area contributed by atoms with Crippen molar-refractivity contribution >= 4 is 16.7 Å². The van der Waals surface area contributed by atoms with Gasteiger partial charge in [0.2, 0.25) is 0 Å². The summed E-state index contributed by atoms with van der Waals surface area (Å²) in [5.41, 5.74) is 3.73. The first-order valence-electron chi connectivity index (χ1n) is 10.4. The largest absolute Gasteiger partial charge is 0.497 e. The lowest BCUT2D eigenvalue weighted by Gasteiger charge is -2.18. The summed E-state index contributed by atoms with van der Waals surface area (Å²) in [5.74, 6) is 2.17. The predicted octanol–water partition coefficient (Wildman–Crippen LogP) is 6.01. The summed E-state index contributed by atoms with van der Waals surface area (Å²) in [6.45, 7) is -2.85. The summed E-state index contributed by atoms with van der Waals surface area (Å²) in [5, 5.41) is 4.43. The number of fused-ring (bicyclic) bond motifs is 2. The average Bonchev–Trinajstić information content (AvgIpc) is 3.20. The zero-order valence-electron chi connectivity index (χ0n) is 17.4. The zero-order valence-corrected chi connectivity index (χ0v) is 17.4. The maximum Gasteiger partial charge on any atom is 0.387 e. The van der Waals surface area contributed by atoms with E-state index in [1.165, 1.54) is 0 Å². The van der Waals surface area contributed by atoms with Crippen LogP contribution in [0.3, 0.4) is 0 Å². The minimum Gasteiger partial charge on any atom is -0.497 e. The van der Waals surface area contributed by atoms with Gasteiger partial charge in [-0.15, -0.1) is 0 Å². The Morgan fingerprint density at radius 2 is 1.84 bits per heavy atom. The molecule has 0 aliphatic heterocycles. The van der Waals surface area contributed by atoms with Crippen molar-refractivity contribution in [3.8, 4) is 22.9 Å². The molecule has 0 unspecified atom stereocenters. The first kappa shape index (κ1) is 20.2. The molecule has 162 valence electrons. The molecule has 0 saturated heterocycles. The van der Waals surface area contributed by atoms with Crippen molar-refractivity contribution in [2.45, 2.75) is 25.5 Å². The Morgan fingerprint density at radius 1 is 0.969 bits per heavy atom. The lowest BCUT2D eigenvalue weighted by Crippen LogP contribution is -2.10. The summed E-state index contributed by atoms with van der Waals surface area (Å²) in [6.07, 6.45) is 1.69. The minimum absolute atomic E-state index is 0.0670. The zero-order chi connectivity index (χ0) is 22.1. The number of rotatable bonds is 6. The molecule has 1 aliphatic carbocycles. The van der Waals surface area contributed by atoms with Gasteiger partial charge in [-0.1, -0.05) is 30.3 Å². The Kier molecular flexibility index (Phi) is 5.31. The molecule has 5 nitrogen and oxygen atoms in total. The number of aryl methyl sites for hydroxylation is 1. The van der Waals surface area contributed by atoms with E-state index in [1.807, 2.05) is 54.6 Å². The summed E-state index contributed by atoms with van der Waals surface area (Å²) < 4.78 is 35.3. The summed E-state index contributed by atoms with van der Waals surface area (Å²) in [6, 6.07) is 20.5. The van der Waals surface area contributed by atoms with Crippen LogP contribution in [0.25, 0.3) is 22.3 Å². The van der Waals surface area contributed by atoms with E-state index in [0.717, 1.165) is 46.2 Å². The van der Waals surface area contributed by atoms with Crippen molar-refractivity contribution in [3.63, 3.8) is 0 Å². The van der Waals surface area contributed by atoms with Crippen LogP contribution in [-0.4, -0.2) is 23.7 Å². The second kappa shape index (κ2) is 8.42. The highest BCUT2D eigenvalue weighted by Gasteiger charge is 2.25. The standard InChI is InChI=1S/C25H21F2N3O2/c1-31-17-6-4-5-16(13-17)23-28-21-8-3-2-7-19(21)24(30-23)29-22-12-10-15-9-11-18(14-20(15)22)32-25(26)27/h2-9,11,13-14,22,25H,10,12H2,1H3,(H,28,29,30)/t22-/m0/s1. The number of para-hydroxylation sites is 1. The minimum atomic E-state index is -2.85. The maximum absolute atomic E-state index is 12.7. The topological polar surface area (TPSA) is 56.3 Å². The molecular weight excluding hydrogens is 412 g/mol. The van der Waals surface area contributed by atoms with Crippen LogP contribution < -0.4 is 14.8 Å². The van der Waals surface area contributed by atoms with Crippen LogP contribution in [0.4, 0.5) is 14.6 Å². The van der Waals surface area contributed by atoms with Gasteiger partial charge in [0, 0.05) is 10.9 Å². The molecule has 0 radical (unpaired) electrons. The van der Waals surface area contributed by atoms with Crippen LogP contribution in [-0.2, 0) is 6.42 Å². The van der Waals surface area contributed by atoms with E-state index in [1.54, 1.807) is 19.2 Å². The Morgan fingerprint density at radius 3 is 2.69 bits per heavy atom. The lowest BCUT2D eigenvalue weighted by atomic mass is 10.1. The van der Waals surface area contributed by atoms with Crippen molar-refractivity contribution in [2.24, 2.45) is 0 Å². The number of nitrogens with one attached hydrogen (secondary N) is 1. The molecule has 1 heterocycles. The summed E-state index contributed by atoms with van der Waals surface area (Å²) >= 11 is 0. The van der Waals surface area contributed by atoms with Gasteiger partial charge in [-0.3, -0.25) is 0 Å². The monoisotopic (exact) mass is 433 g/mol. The highest BCUT2D eigenvalue weighted by molar-refractivity contribution is 5.90. The Labute approximate surface area is 184 Å². The van der Waals surface area contributed by atoms with Gasteiger partial charge in [-0.25, -0.2) is 9.97 Å². The smallest absolute Gasteiger partial charge is 0.387 e. The highest BCUT2D eigenvalue weighted by Crippen LogP contribution is 2.38. The molecule has 1 atom stereocenters. The van der Waals surface area contributed by atoms with E-state index < -0.39 is 6.61 Å². The second-order valence-corrected chi connectivity index (χ2v) is 7.62. The third-order valence-electron chi connectivity index (χ3n) is 5.66. The Balaban J connectivity index is 1.54. The SMILES string of the molecule is COc1cccc(-c2nc(N[C@H]3CCc4ccc(OC(F)F)cc43)c3ccccc3n2)c1. The molecule has 7 heteroatoms. The maximum atomic E-state index is 12.7. The predicted molar refractivity (Wildman–Crippen MR) is 119 cm³/mol. The molecule has 0 fully saturated rings. The number of ether oxygens (including phenoxy) is 2. The molecule has 4 aromatic rings. The van der Waals surface area contributed by atoms with E-state index in [4.69, 9.17) is 14.7 Å². The molecular formula is C25H21F2N3O2. The van der Waals surface area contributed by atoms with Gasteiger partial charge in [0.1, 0.15) is 17.3 Å². The number of alkyl halides is 2. The number of benzene rings is 3. The summed E-state index contributed by atoms with van der Waals surface area (Å²) in [7, 11) is 1.62. The van der Waals surface area contributed by atoms with Crippen molar-refractivity contribution in [3.05, 3.63) is 77.9 Å². The Bertz CT molecular complexity index is 1280. The van der Waals surface area contributed by atoms with Gasteiger partial charge in [0.25, 0.3) is 0 Å². The fraction of sp³-hybridized carbons (Fsp3) is 0.200. The van der Waals surface area contributed by atoms with Gasteiger partial charge in [-0.05, 0) is 60.4 Å². The van der Waals surface area contributed by atoms with Gasteiger partial charge in [0.15, 0.2) is 5.82 Å². The van der Waals surface area contributed by atoms with Gasteiger partial charge >= 0.3 is 6.61 Å². The molecule has 1 aliphatic rings. The van der Waals surface area contributed by atoms with Crippen molar-refractivity contribution in [1.82, 2.24) is 9.97 Å². The van der Waals surface area contributed by atoms with E-state index in [9.17, 15) is 8.78 Å². The molecule has 5 rings (SSSR count). The molecule has 1 N–H and O–H groups in total. The van der Waals surface area contributed by atoms with Crippen LogP contribution >= 0.6 is 0 Å². The Hall–Kier alpha value is -3.74. The molecule has 0 saturated carbocycles. The number of halogens is 2. The van der Waals surface area contributed by atoms with E-state index in [2.05, 4.69) is 10.1 Å². The van der Waals surface area contributed by atoms with E-state index in [-0.39, 0.29) is 11.8 Å². The van der Waals surface area contributed by atoms with Gasteiger partial charge < -0.3 is 14.8 Å². The number of anilines is 1. The quantitative estimate of drug-likeness (QED) is 0.404. The third kappa shape index (κ3) is 3.93. The third-order valence-corrected chi connectivity index (χ3v) is 5.66. The molecule has 0 bridgehead atoms. The van der Waals surface area contributed by atoms with Crippen LogP contribution in [0, 0.1) is 0 Å². The molecule has 3 aromatic carbocycles. The van der Waals surface area contributed by atoms with Crippen molar-refractivity contribution < 1.29 is 18.3 Å². The summed E-state index contributed by atoms with van der Waals surface area (Å²) in [4.78, 5) is 9.56. The van der Waals surface area contributed by atoms with Crippen molar-refractivity contribution in [1.29, 1.82) is 0 Å². The lowest BCUT2D eigenvalue weighted by molar-refractivity contribution is -0.0498.